The SMILES string of the molecule is CCOc1c(C)cc(C(=O)OC)cc1Cl. The van der Waals surface area contributed by atoms with Gasteiger partial charge in [0.1, 0.15) is 5.75 Å². The number of rotatable bonds is 3. The van der Waals surface area contributed by atoms with Gasteiger partial charge in [0.2, 0.25) is 0 Å². The molecule has 0 atom stereocenters. The van der Waals surface area contributed by atoms with Crippen LogP contribution in [-0.4, -0.2) is 19.7 Å². The number of hydrogen-bond acceptors (Lipinski definition) is 3. The Bertz CT molecular complexity index is 351. The molecule has 0 amide bonds. The molecule has 3 nitrogen and oxygen atoms in total. The second-order valence-corrected chi connectivity index (χ2v) is 3.44. The fourth-order valence-corrected chi connectivity index (χ4v) is 1.61. The van der Waals surface area contributed by atoms with Crippen molar-refractivity contribution in [2.45, 2.75) is 13.8 Å². The summed E-state index contributed by atoms with van der Waals surface area (Å²) in [5.41, 5.74) is 1.26. The van der Waals surface area contributed by atoms with Crippen molar-refractivity contribution in [3.05, 3.63) is 28.3 Å². The van der Waals surface area contributed by atoms with E-state index < -0.39 is 5.97 Å². The number of methoxy groups -OCH3 is 1. The Labute approximate surface area is 93.9 Å². The summed E-state index contributed by atoms with van der Waals surface area (Å²) >= 11 is 5.98. The van der Waals surface area contributed by atoms with E-state index in [1.54, 1.807) is 12.1 Å². The lowest BCUT2D eigenvalue weighted by atomic mass is 10.1. The van der Waals surface area contributed by atoms with Gasteiger partial charge in [0.05, 0.1) is 24.3 Å². The molecular weight excluding hydrogens is 216 g/mol. The first-order valence-electron chi connectivity index (χ1n) is 4.61. The zero-order chi connectivity index (χ0) is 11.4. The third kappa shape index (κ3) is 2.63. The van der Waals surface area contributed by atoms with E-state index in [1.807, 2.05) is 13.8 Å². The number of hydrogen-bond donors (Lipinski definition) is 0. The normalized spacial score (nSPS) is 9.87. The van der Waals surface area contributed by atoms with Crippen molar-refractivity contribution in [3.8, 4) is 5.75 Å². The first-order valence-corrected chi connectivity index (χ1v) is 4.99. The van der Waals surface area contributed by atoms with E-state index >= 15 is 0 Å². The molecule has 4 heteroatoms. The lowest BCUT2D eigenvalue weighted by molar-refractivity contribution is 0.0600. The molecule has 0 aliphatic rings. The van der Waals surface area contributed by atoms with Gasteiger partial charge in [0, 0.05) is 0 Å². The van der Waals surface area contributed by atoms with Crippen molar-refractivity contribution in [1.82, 2.24) is 0 Å². The fraction of sp³-hybridized carbons (Fsp3) is 0.364. The van der Waals surface area contributed by atoms with E-state index in [4.69, 9.17) is 16.3 Å². The first-order chi connectivity index (χ1) is 7.10. The van der Waals surface area contributed by atoms with E-state index in [2.05, 4.69) is 4.74 Å². The van der Waals surface area contributed by atoms with E-state index in [1.165, 1.54) is 7.11 Å². The average Bonchev–Trinajstić information content (AvgIpc) is 2.22. The molecule has 0 bridgehead atoms. The predicted molar refractivity (Wildman–Crippen MR) is 58.7 cm³/mol. The number of carbonyl (C=O) groups excluding carboxylic acids is 1. The van der Waals surface area contributed by atoms with Crippen molar-refractivity contribution >= 4 is 17.6 Å². The molecule has 15 heavy (non-hydrogen) atoms. The fourth-order valence-electron chi connectivity index (χ4n) is 1.29. The zero-order valence-corrected chi connectivity index (χ0v) is 9.72. The third-order valence-electron chi connectivity index (χ3n) is 1.94. The van der Waals surface area contributed by atoms with Gasteiger partial charge in [-0.1, -0.05) is 11.6 Å². The van der Waals surface area contributed by atoms with Crippen LogP contribution in [0.4, 0.5) is 0 Å². The van der Waals surface area contributed by atoms with Gasteiger partial charge < -0.3 is 9.47 Å². The van der Waals surface area contributed by atoms with Gasteiger partial charge in [-0.25, -0.2) is 4.79 Å². The maximum Gasteiger partial charge on any atom is 0.337 e. The Hall–Kier alpha value is -1.22. The summed E-state index contributed by atoms with van der Waals surface area (Å²) in [6.07, 6.45) is 0. The molecule has 1 aromatic rings. The second-order valence-electron chi connectivity index (χ2n) is 3.03. The minimum Gasteiger partial charge on any atom is -0.492 e. The smallest absolute Gasteiger partial charge is 0.337 e. The summed E-state index contributed by atoms with van der Waals surface area (Å²) in [5.74, 6) is 0.217. The molecule has 0 saturated carbocycles. The molecule has 0 unspecified atom stereocenters. The monoisotopic (exact) mass is 228 g/mol. The molecule has 0 fully saturated rings. The Morgan fingerprint density at radius 2 is 2.13 bits per heavy atom. The number of ether oxygens (including phenoxy) is 2. The number of carbonyl (C=O) groups is 1. The van der Waals surface area contributed by atoms with Gasteiger partial charge in [0.25, 0.3) is 0 Å². The first kappa shape index (κ1) is 11.9. The van der Waals surface area contributed by atoms with Crippen molar-refractivity contribution < 1.29 is 14.3 Å². The number of esters is 1. The molecule has 0 heterocycles. The van der Waals surface area contributed by atoms with Crippen molar-refractivity contribution in [2.24, 2.45) is 0 Å². The van der Waals surface area contributed by atoms with Crippen LogP contribution in [0.25, 0.3) is 0 Å². The van der Waals surface area contributed by atoms with Crippen LogP contribution in [0.5, 0.6) is 5.75 Å². The molecule has 0 aromatic heterocycles. The van der Waals surface area contributed by atoms with E-state index in [-0.39, 0.29) is 0 Å². The van der Waals surface area contributed by atoms with E-state index in [0.29, 0.717) is 22.9 Å². The van der Waals surface area contributed by atoms with Crippen LogP contribution >= 0.6 is 11.6 Å². The highest BCUT2D eigenvalue weighted by atomic mass is 35.5. The minimum absolute atomic E-state index is 0.400. The van der Waals surface area contributed by atoms with Crippen LogP contribution in [0.2, 0.25) is 5.02 Å². The van der Waals surface area contributed by atoms with Gasteiger partial charge in [-0.15, -0.1) is 0 Å². The van der Waals surface area contributed by atoms with Crippen LogP contribution in [0.15, 0.2) is 12.1 Å². The molecule has 1 aromatic carbocycles. The average molecular weight is 229 g/mol. The number of benzene rings is 1. The molecule has 0 aliphatic heterocycles. The van der Waals surface area contributed by atoms with Crippen LogP contribution in [0, 0.1) is 6.92 Å². The highest BCUT2D eigenvalue weighted by molar-refractivity contribution is 6.32. The van der Waals surface area contributed by atoms with E-state index in [0.717, 1.165) is 5.56 Å². The van der Waals surface area contributed by atoms with Gasteiger partial charge in [-0.2, -0.15) is 0 Å². The molecule has 1 rings (SSSR count). The van der Waals surface area contributed by atoms with Crippen LogP contribution < -0.4 is 4.74 Å². The van der Waals surface area contributed by atoms with Crippen molar-refractivity contribution in [3.63, 3.8) is 0 Å². The largest absolute Gasteiger partial charge is 0.492 e. The Balaban J connectivity index is 3.13. The number of halogens is 1. The Morgan fingerprint density at radius 1 is 1.47 bits per heavy atom. The maximum absolute atomic E-state index is 11.3. The third-order valence-corrected chi connectivity index (χ3v) is 2.22. The summed E-state index contributed by atoms with van der Waals surface area (Å²) in [5, 5.41) is 0.428. The topological polar surface area (TPSA) is 35.5 Å². The maximum atomic E-state index is 11.3. The number of aryl methyl sites for hydroxylation is 1. The molecular formula is C11H13ClO3. The Morgan fingerprint density at radius 3 is 2.60 bits per heavy atom. The summed E-state index contributed by atoms with van der Waals surface area (Å²) in [6.45, 7) is 4.26. The molecule has 0 saturated heterocycles. The predicted octanol–water partition coefficient (Wildman–Crippen LogP) is 2.83. The quantitative estimate of drug-likeness (QED) is 0.747. The van der Waals surface area contributed by atoms with Gasteiger partial charge >= 0.3 is 5.97 Å². The summed E-state index contributed by atoms with van der Waals surface area (Å²) in [7, 11) is 1.34. The summed E-state index contributed by atoms with van der Waals surface area (Å²) in [4.78, 5) is 11.3. The second kappa shape index (κ2) is 5.03. The lowest BCUT2D eigenvalue weighted by Crippen LogP contribution is -2.03. The standard InChI is InChI=1S/C11H13ClO3/c1-4-15-10-7(2)5-8(6-9(10)12)11(13)14-3/h5-6H,4H2,1-3H3. The van der Waals surface area contributed by atoms with Gasteiger partial charge in [-0.05, 0) is 31.5 Å². The summed E-state index contributed by atoms with van der Waals surface area (Å²) in [6, 6.07) is 3.24. The van der Waals surface area contributed by atoms with Crippen LogP contribution in [0.1, 0.15) is 22.8 Å². The van der Waals surface area contributed by atoms with E-state index in [9.17, 15) is 4.79 Å². The Kier molecular flexibility index (Phi) is 3.97. The lowest BCUT2D eigenvalue weighted by Gasteiger charge is -2.10. The molecule has 0 N–H and O–H groups in total. The summed E-state index contributed by atoms with van der Waals surface area (Å²) < 4.78 is 9.96. The minimum atomic E-state index is -0.400. The van der Waals surface area contributed by atoms with Gasteiger partial charge in [0.15, 0.2) is 0 Å². The van der Waals surface area contributed by atoms with Crippen molar-refractivity contribution in [1.29, 1.82) is 0 Å². The van der Waals surface area contributed by atoms with Gasteiger partial charge in [-0.3, -0.25) is 0 Å². The van der Waals surface area contributed by atoms with Crippen LogP contribution in [0.3, 0.4) is 0 Å². The highest BCUT2D eigenvalue weighted by Crippen LogP contribution is 2.30. The van der Waals surface area contributed by atoms with Crippen molar-refractivity contribution in [2.75, 3.05) is 13.7 Å². The highest BCUT2D eigenvalue weighted by Gasteiger charge is 2.12. The molecule has 0 aliphatic carbocycles. The zero-order valence-electron chi connectivity index (χ0n) is 8.96. The molecule has 0 radical (unpaired) electrons. The van der Waals surface area contributed by atoms with Crippen LogP contribution in [-0.2, 0) is 4.74 Å². The molecule has 0 spiro atoms. The molecule has 82 valence electrons.